The summed E-state index contributed by atoms with van der Waals surface area (Å²) in [4.78, 5) is 13.8. The van der Waals surface area contributed by atoms with Gasteiger partial charge in [-0.1, -0.05) is 29.8 Å². The quantitative estimate of drug-likeness (QED) is 0.778. The van der Waals surface area contributed by atoms with Gasteiger partial charge in [-0.05, 0) is 49.9 Å². The van der Waals surface area contributed by atoms with E-state index in [1.807, 2.05) is 26.8 Å². The first kappa shape index (κ1) is 17.0. The number of ether oxygens (including phenoxy) is 1. The van der Waals surface area contributed by atoms with E-state index in [1.54, 1.807) is 4.90 Å². The number of carbonyl (C=O) groups excluding carboxylic acids is 1. The molecule has 0 spiro atoms. The molecule has 0 atom stereocenters. The van der Waals surface area contributed by atoms with Gasteiger partial charge in [0, 0.05) is 17.6 Å². The fraction of sp³-hybridized carbons (Fsp3) is 0.562. The molecule has 0 aliphatic carbocycles. The van der Waals surface area contributed by atoms with Crippen molar-refractivity contribution >= 4 is 21.8 Å². The molecule has 0 saturated heterocycles. The van der Waals surface area contributed by atoms with Crippen molar-refractivity contribution < 1.29 is 9.53 Å². The highest BCUT2D eigenvalue weighted by Crippen LogP contribution is 2.32. The minimum atomic E-state index is 0.0327. The van der Waals surface area contributed by atoms with Gasteiger partial charge in [-0.3, -0.25) is 4.79 Å². The largest absolute Gasteiger partial charge is 0.483 e. The molecule has 20 heavy (non-hydrogen) atoms. The average molecular weight is 342 g/mol. The first-order valence-electron chi connectivity index (χ1n) is 7.11. The molecule has 112 valence electrons. The Balaban J connectivity index is 2.87. The van der Waals surface area contributed by atoms with E-state index in [4.69, 9.17) is 4.74 Å². The van der Waals surface area contributed by atoms with Gasteiger partial charge in [0.2, 0.25) is 0 Å². The molecule has 0 radical (unpaired) electrons. The van der Waals surface area contributed by atoms with Crippen LogP contribution >= 0.6 is 15.9 Å². The Kier molecular flexibility index (Phi) is 6.53. The van der Waals surface area contributed by atoms with Crippen LogP contribution in [0.5, 0.6) is 5.75 Å². The van der Waals surface area contributed by atoms with Gasteiger partial charge in [0.25, 0.3) is 5.91 Å². The third-order valence-corrected chi connectivity index (χ3v) is 4.23. The number of likely N-dealkylation sites (N-methyl/N-ethyl adjacent to an activating group) is 1. The SMILES string of the molecule is CCN(CC)C(=O)COc1cc(C)c(Br)cc1C(C)C. The highest BCUT2D eigenvalue weighted by molar-refractivity contribution is 9.10. The third-order valence-electron chi connectivity index (χ3n) is 3.38. The highest BCUT2D eigenvalue weighted by Gasteiger charge is 2.14. The van der Waals surface area contributed by atoms with Gasteiger partial charge in [-0.15, -0.1) is 0 Å². The van der Waals surface area contributed by atoms with Crippen LogP contribution in [0.4, 0.5) is 0 Å². The van der Waals surface area contributed by atoms with Crippen LogP contribution in [0.25, 0.3) is 0 Å². The molecule has 0 heterocycles. The second kappa shape index (κ2) is 7.67. The van der Waals surface area contributed by atoms with Crippen LogP contribution in [0, 0.1) is 6.92 Å². The minimum absolute atomic E-state index is 0.0327. The van der Waals surface area contributed by atoms with Gasteiger partial charge in [0.1, 0.15) is 5.75 Å². The van der Waals surface area contributed by atoms with Gasteiger partial charge in [0.15, 0.2) is 6.61 Å². The number of benzene rings is 1. The Hall–Kier alpha value is -1.03. The summed E-state index contributed by atoms with van der Waals surface area (Å²) in [7, 11) is 0. The van der Waals surface area contributed by atoms with Crippen LogP contribution < -0.4 is 4.74 Å². The Morgan fingerprint density at radius 3 is 2.40 bits per heavy atom. The smallest absolute Gasteiger partial charge is 0.260 e. The van der Waals surface area contributed by atoms with E-state index >= 15 is 0 Å². The maximum Gasteiger partial charge on any atom is 0.260 e. The molecule has 0 unspecified atom stereocenters. The maximum atomic E-state index is 12.0. The van der Waals surface area contributed by atoms with Crippen LogP contribution in [0.15, 0.2) is 16.6 Å². The van der Waals surface area contributed by atoms with Crippen molar-refractivity contribution in [3.05, 3.63) is 27.7 Å². The molecule has 0 fully saturated rings. The molecule has 0 aliphatic heterocycles. The molecule has 0 aliphatic rings. The first-order chi connectivity index (χ1) is 9.40. The molecule has 0 saturated carbocycles. The summed E-state index contributed by atoms with van der Waals surface area (Å²) in [5.74, 6) is 1.19. The molecule has 4 heteroatoms. The molecular weight excluding hydrogens is 318 g/mol. The third kappa shape index (κ3) is 4.23. The van der Waals surface area contributed by atoms with Crippen LogP contribution in [-0.4, -0.2) is 30.5 Å². The topological polar surface area (TPSA) is 29.5 Å². The van der Waals surface area contributed by atoms with Crippen molar-refractivity contribution in [2.75, 3.05) is 19.7 Å². The second-order valence-corrected chi connectivity index (χ2v) is 6.00. The van der Waals surface area contributed by atoms with Crippen LogP contribution in [0.1, 0.15) is 44.7 Å². The number of aryl methyl sites for hydroxylation is 1. The van der Waals surface area contributed by atoms with Crippen molar-refractivity contribution in [1.82, 2.24) is 4.90 Å². The molecule has 3 nitrogen and oxygen atoms in total. The van der Waals surface area contributed by atoms with Gasteiger partial charge in [-0.25, -0.2) is 0 Å². The fourth-order valence-corrected chi connectivity index (χ4v) is 2.41. The standard InChI is InChI=1S/C16H24BrNO2/c1-6-18(7-2)16(19)10-20-15-8-12(5)14(17)9-13(15)11(3)4/h8-9,11H,6-7,10H2,1-5H3. The average Bonchev–Trinajstić information content (AvgIpc) is 2.40. The van der Waals surface area contributed by atoms with Crippen molar-refractivity contribution in [3.8, 4) is 5.75 Å². The van der Waals surface area contributed by atoms with Gasteiger partial charge in [0.05, 0.1) is 0 Å². The minimum Gasteiger partial charge on any atom is -0.483 e. The van der Waals surface area contributed by atoms with Crippen LogP contribution in [0.2, 0.25) is 0 Å². The lowest BCUT2D eigenvalue weighted by molar-refractivity contribution is -0.132. The van der Waals surface area contributed by atoms with E-state index < -0.39 is 0 Å². The Morgan fingerprint density at radius 1 is 1.30 bits per heavy atom. The molecule has 0 bridgehead atoms. The lowest BCUT2D eigenvalue weighted by Crippen LogP contribution is -2.34. The molecule has 1 aromatic rings. The molecule has 0 aromatic heterocycles. The lowest BCUT2D eigenvalue weighted by Gasteiger charge is -2.20. The predicted molar refractivity (Wildman–Crippen MR) is 86.4 cm³/mol. The van der Waals surface area contributed by atoms with Gasteiger partial charge in [-0.2, -0.15) is 0 Å². The zero-order valence-electron chi connectivity index (χ0n) is 13.0. The molecule has 1 rings (SSSR count). The van der Waals surface area contributed by atoms with Crippen molar-refractivity contribution in [3.63, 3.8) is 0 Å². The van der Waals surface area contributed by atoms with Gasteiger partial charge < -0.3 is 9.64 Å². The Bertz CT molecular complexity index is 468. The van der Waals surface area contributed by atoms with E-state index in [9.17, 15) is 4.79 Å². The molecular formula is C16H24BrNO2. The zero-order valence-corrected chi connectivity index (χ0v) is 14.6. The van der Waals surface area contributed by atoms with Crippen LogP contribution in [0.3, 0.4) is 0 Å². The summed E-state index contributed by atoms with van der Waals surface area (Å²) in [5, 5.41) is 0. The summed E-state index contributed by atoms with van der Waals surface area (Å²) in [6.45, 7) is 11.8. The normalized spacial score (nSPS) is 10.8. The summed E-state index contributed by atoms with van der Waals surface area (Å²) >= 11 is 3.54. The number of nitrogens with zero attached hydrogens (tertiary/aromatic N) is 1. The van der Waals surface area contributed by atoms with E-state index in [2.05, 4.69) is 35.8 Å². The van der Waals surface area contributed by atoms with Crippen LogP contribution in [-0.2, 0) is 4.79 Å². The van der Waals surface area contributed by atoms with E-state index in [1.165, 1.54) is 0 Å². The summed E-state index contributed by atoms with van der Waals surface area (Å²) in [6.07, 6.45) is 0. The highest BCUT2D eigenvalue weighted by atomic mass is 79.9. The second-order valence-electron chi connectivity index (χ2n) is 5.15. The lowest BCUT2D eigenvalue weighted by atomic mass is 10.0. The molecule has 1 amide bonds. The number of hydrogen-bond acceptors (Lipinski definition) is 2. The number of carbonyl (C=O) groups is 1. The molecule has 0 N–H and O–H groups in total. The van der Waals surface area contributed by atoms with Gasteiger partial charge >= 0.3 is 0 Å². The maximum absolute atomic E-state index is 12.0. The predicted octanol–water partition coefficient (Wildman–Crippen LogP) is 4.13. The van der Waals surface area contributed by atoms with Crippen molar-refractivity contribution in [2.45, 2.75) is 40.5 Å². The summed E-state index contributed by atoms with van der Waals surface area (Å²) in [5.41, 5.74) is 2.23. The Morgan fingerprint density at radius 2 is 1.90 bits per heavy atom. The van der Waals surface area contributed by atoms with Crippen molar-refractivity contribution in [1.29, 1.82) is 0 Å². The number of amides is 1. The fourth-order valence-electron chi connectivity index (χ4n) is 2.05. The van der Waals surface area contributed by atoms with E-state index in [-0.39, 0.29) is 12.5 Å². The zero-order chi connectivity index (χ0) is 15.3. The van der Waals surface area contributed by atoms with E-state index in [0.717, 1.165) is 34.4 Å². The van der Waals surface area contributed by atoms with E-state index in [0.29, 0.717) is 5.92 Å². The monoisotopic (exact) mass is 341 g/mol. The number of halogens is 1. The Labute approximate surface area is 130 Å². The summed E-state index contributed by atoms with van der Waals surface area (Å²) in [6, 6.07) is 4.08. The summed E-state index contributed by atoms with van der Waals surface area (Å²) < 4.78 is 6.84. The number of rotatable bonds is 6. The molecule has 1 aromatic carbocycles. The van der Waals surface area contributed by atoms with Crippen molar-refractivity contribution in [2.24, 2.45) is 0 Å². The first-order valence-corrected chi connectivity index (χ1v) is 7.90. The number of hydrogen-bond donors (Lipinski definition) is 0.